The number of hydrogen-bond donors (Lipinski definition) is 1. The second-order valence-corrected chi connectivity index (χ2v) is 5.24. The number of hydrogen-bond acceptors (Lipinski definition) is 5. The van der Waals surface area contributed by atoms with Gasteiger partial charge in [-0.2, -0.15) is 0 Å². The van der Waals surface area contributed by atoms with Crippen LogP contribution in [0, 0.1) is 0 Å². The Morgan fingerprint density at radius 1 is 1.17 bits per heavy atom. The second-order valence-electron chi connectivity index (χ2n) is 5.24. The van der Waals surface area contributed by atoms with Gasteiger partial charge < -0.3 is 10.2 Å². The maximum atomic E-state index is 4.62. The van der Waals surface area contributed by atoms with E-state index < -0.39 is 0 Å². The molecule has 0 unspecified atom stereocenters. The molecule has 0 atom stereocenters. The molecular formula is C13H17N5. The van der Waals surface area contributed by atoms with Gasteiger partial charge in [0.2, 0.25) is 5.95 Å². The maximum Gasteiger partial charge on any atom is 0.246 e. The van der Waals surface area contributed by atoms with Crippen molar-refractivity contribution in [3.63, 3.8) is 0 Å². The lowest BCUT2D eigenvalue weighted by Gasteiger charge is -2.42. The SMILES string of the molecule is CC1(C)CNCCN1c1nnc2ccccc2n1. The third-order valence-corrected chi connectivity index (χ3v) is 3.39. The van der Waals surface area contributed by atoms with Crippen molar-refractivity contribution < 1.29 is 0 Å². The van der Waals surface area contributed by atoms with Gasteiger partial charge in [0.25, 0.3) is 0 Å². The van der Waals surface area contributed by atoms with Crippen LogP contribution in [0.5, 0.6) is 0 Å². The number of rotatable bonds is 1. The molecule has 0 bridgehead atoms. The third-order valence-electron chi connectivity index (χ3n) is 3.39. The number of nitrogens with one attached hydrogen (secondary N) is 1. The van der Waals surface area contributed by atoms with E-state index in [1.807, 2.05) is 24.3 Å². The van der Waals surface area contributed by atoms with Gasteiger partial charge in [-0.25, -0.2) is 4.98 Å². The van der Waals surface area contributed by atoms with Crippen LogP contribution in [0.25, 0.3) is 11.0 Å². The van der Waals surface area contributed by atoms with E-state index in [1.165, 1.54) is 0 Å². The highest BCUT2D eigenvalue weighted by molar-refractivity contribution is 5.74. The average molecular weight is 243 g/mol. The van der Waals surface area contributed by atoms with Crippen LogP contribution < -0.4 is 10.2 Å². The Labute approximate surface area is 106 Å². The van der Waals surface area contributed by atoms with Crippen molar-refractivity contribution in [3.8, 4) is 0 Å². The zero-order chi connectivity index (χ0) is 12.6. The summed E-state index contributed by atoms with van der Waals surface area (Å²) >= 11 is 0. The van der Waals surface area contributed by atoms with Gasteiger partial charge in [-0.1, -0.05) is 12.1 Å². The minimum Gasteiger partial charge on any atom is -0.332 e. The zero-order valence-electron chi connectivity index (χ0n) is 10.7. The molecule has 0 spiro atoms. The highest BCUT2D eigenvalue weighted by atomic mass is 15.4. The van der Waals surface area contributed by atoms with Gasteiger partial charge in [0.05, 0.1) is 5.52 Å². The van der Waals surface area contributed by atoms with Gasteiger partial charge >= 0.3 is 0 Å². The van der Waals surface area contributed by atoms with Crippen molar-refractivity contribution in [2.24, 2.45) is 0 Å². The normalized spacial score (nSPS) is 19.1. The lowest BCUT2D eigenvalue weighted by molar-refractivity contribution is 0.374. The summed E-state index contributed by atoms with van der Waals surface area (Å²) in [6, 6.07) is 7.83. The van der Waals surface area contributed by atoms with Crippen LogP contribution >= 0.6 is 0 Å². The first-order valence-corrected chi connectivity index (χ1v) is 6.25. The summed E-state index contributed by atoms with van der Waals surface area (Å²) in [7, 11) is 0. The highest BCUT2D eigenvalue weighted by Gasteiger charge is 2.31. The van der Waals surface area contributed by atoms with E-state index >= 15 is 0 Å². The number of nitrogens with zero attached hydrogens (tertiary/aromatic N) is 4. The number of para-hydroxylation sites is 1. The Hall–Kier alpha value is -1.75. The average Bonchev–Trinajstić information content (AvgIpc) is 2.38. The fourth-order valence-corrected chi connectivity index (χ4v) is 2.34. The molecule has 1 aromatic heterocycles. The molecule has 0 saturated carbocycles. The zero-order valence-corrected chi connectivity index (χ0v) is 10.7. The number of fused-ring (bicyclic) bond motifs is 1. The number of anilines is 1. The van der Waals surface area contributed by atoms with Gasteiger partial charge in [0.1, 0.15) is 5.52 Å². The van der Waals surface area contributed by atoms with Crippen molar-refractivity contribution in [1.29, 1.82) is 0 Å². The molecule has 0 amide bonds. The molecule has 1 aliphatic rings. The number of piperazine rings is 1. The summed E-state index contributed by atoms with van der Waals surface area (Å²) < 4.78 is 0. The van der Waals surface area contributed by atoms with Crippen molar-refractivity contribution in [2.45, 2.75) is 19.4 Å². The van der Waals surface area contributed by atoms with Gasteiger partial charge in [-0.3, -0.25) is 0 Å². The van der Waals surface area contributed by atoms with E-state index in [9.17, 15) is 0 Å². The molecule has 1 fully saturated rings. The van der Waals surface area contributed by atoms with Crippen molar-refractivity contribution in [1.82, 2.24) is 20.5 Å². The minimum absolute atomic E-state index is 0.0163. The maximum absolute atomic E-state index is 4.62. The fraction of sp³-hybridized carbons (Fsp3) is 0.462. The Kier molecular flexibility index (Phi) is 2.63. The van der Waals surface area contributed by atoms with E-state index in [-0.39, 0.29) is 5.54 Å². The summed E-state index contributed by atoms with van der Waals surface area (Å²) in [5.74, 6) is 0.722. The first-order chi connectivity index (χ1) is 8.67. The molecular weight excluding hydrogens is 226 g/mol. The van der Waals surface area contributed by atoms with E-state index in [4.69, 9.17) is 0 Å². The quantitative estimate of drug-likeness (QED) is 0.816. The van der Waals surface area contributed by atoms with Crippen LogP contribution in [0.15, 0.2) is 24.3 Å². The summed E-state index contributed by atoms with van der Waals surface area (Å²) in [5, 5.41) is 11.9. The molecule has 2 aromatic rings. The Morgan fingerprint density at radius 3 is 2.72 bits per heavy atom. The number of benzene rings is 1. The van der Waals surface area contributed by atoms with E-state index in [2.05, 4.69) is 39.2 Å². The Bertz CT molecular complexity index is 566. The van der Waals surface area contributed by atoms with Crippen LogP contribution in [0.4, 0.5) is 5.95 Å². The lowest BCUT2D eigenvalue weighted by Crippen LogP contribution is -2.58. The van der Waals surface area contributed by atoms with Crippen LogP contribution in [0.3, 0.4) is 0 Å². The lowest BCUT2D eigenvalue weighted by atomic mass is 10.0. The fourth-order valence-electron chi connectivity index (χ4n) is 2.34. The molecule has 3 rings (SSSR count). The molecule has 5 heteroatoms. The summed E-state index contributed by atoms with van der Waals surface area (Å²) in [4.78, 5) is 6.84. The molecule has 1 aromatic carbocycles. The first kappa shape index (κ1) is 11.3. The Morgan fingerprint density at radius 2 is 1.94 bits per heavy atom. The molecule has 1 saturated heterocycles. The van der Waals surface area contributed by atoms with Gasteiger partial charge in [0, 0.05) is 25.2 Å². The summed E-state index contributed by atoms with van der Waals surface area (Å²) in [6.07, 6.45) is 0. The van der Waals surface area contributed by atoms with Crippen LogP contribution in [0.2, 0.25) is 0 Å². The van der Waals surface area contributed by atoms with Crippen LogP contribution in [0.1, 0.15) is 13.8 Å². The van der Waals surface area contributed by atoms with E-state index in [1.54, 1.807) is 0 Å². The molecule has 1 aliphatic heterocycles. The third kappa shape index (κ3) is 1.90. The smallest absolute Gasteiger partial charge is 0.246 e. The predicted molar refractivity (Wildman–Crippen MR) is 71.6 cm³/mol. The predicted octanol–water partition coefficient (Wildman–Crippen LogP) is 1.21. The standard InChI is InChI=1S/C13H17N5/c1-13(2)9-14-7-8-18(13)12-15-10-5-3-4-6-11(10)16-17-12/h3-6,14H,7-9H2,1-2H3. The Balaban J connectivity index is 2.03. The van der Waals surface area contributed by atoms with Gasteiger partial charge in [0.15, 0.2) is 0 Å². The minimum atomic E-state index is 0.0163. The molecule has 94 valence electrons. The first-order valence-electron chi connectivity index (χ1n) is 6.25. The molecule has 0 aliphatic carbocycles. The number of aromatic nitrogens is 3. The largest absolute Gasteiger partial charge is 0.332 e. The molecule has 2 heterocycles. The molecule has 5 nitrogen and oxygen atoms in total. The highest BCUT2D eigenvalue weighted by Crippen LogP contribution is 2.22. The summed E-state index contributed by atoms with van der Waals surface area (Å²) in [6.45, 7) is 7.19. The van der Waals surface area contributed by atoms with Crippen LogP contribution in [-0.4, -0.2) is 40.4 Å². The van der Waals surface area contributed by atoms with Gasteiger partial charge in [-0.05, 0) is 26.0 Å². The van der Waals surface area contributed by atoms with Gasteiger partial charge in [-0.15, -0.1) is 10.2 Å². The second kappa shape index (κ2) is 4.17. The van der Waals surface area contributed by atoms with Crippen molar-refractivity contribution in [3.05, 3.63) is 24.3 Å². The van der Waals surface area contributed by atoms with Crippen LogP contribution in [-0.2, 0) is 0 Å². The summed E-state index contributed by atoms with van der Waals surface area (Å²) in [5.41, 5.74) is 1.76. The topological polar surface area (TPSA) is 53.9 Å². The van der Waals surface area contributed by atoms with E-state index in [0.717, 1.165) is 36.6 Å². The molecule has 18 heavy (non-hydrogen) atoms. The molecule has 1 N–H and O–H groups in total. The molecule has 0 radical (unpaired) electrons. The van der Waals surface area contributed by atoms with Crippen molar-refractivity contribution in [2.75, 3.05) is 24.5 Å². The van der Waals surface area contributed by atoms with E-state index in [0.29, 0.717) is 0 Å². The van der Waals surface area contributed by atoms with Crippen molar-refractivity contribution >= 4 is 17.0 Å². The monoisotopic (exact) mass is 243 g/mol.